The lowest BCUT2D eigenvalue weighted by Gasteiger charge is -2.17. The van der Waals surface area contributed by atoms with Crippen molar-refractivity contribution in [1.29, 1.82) is 0 Å². The first-order chi connectivity index (χ1) is 11.5. The molecule has 1 aromatic heterocycles. The smallest absolute Gasteiger partial charge is 0.193 e. The molecule has 0 bridgehead atoms. The Morgan fingerprint density at radius 2 is 1.84 bits per heavy atom. The van der Waals surface area contributed by atoms with E-state index in [0.717, 1.165) is 17.9 Å². The molecule has 0 saturated heterocycles. The van der Waals surface area contributed by atoms with Crippen molar-refractivity contribution >= 4 is 11.0 Å². The third-order valence-electron chi connectivity index (χ3n) is 3.79. The molecule has 0 aliphatic rings. The van der Waals surface area contributed by atoms with Gasteiger partial charge in [0.2, 0.25) is 0 Å². The molecule has 0 fully saturated rings. The minimum Gasteiger partial charge on any atom is -1.00 e. The van der Waals surface area contributed by atoms with Crippen molar-refractivity contribution in [3.05, 3.63) is 64.8 Å². The van der Waals surface area contributed by atoms with Gasteiger partial charge in [-0.3, -0.25) is 4.79 Å². The van der Waals surface area contributed by atoms with Crippen molar-refractivity contribution < 1.29 is 26.5 Å². The van der Waals surface area contributed by atoms with Gasteiger partial charge in [0.15, 0.2) is 5.43 Å². The number of likely N-dealkylation sites (N-methyl/N-ethyl adjacent to an activating group) is 1. The van der Waals surface area contributed by atoms with E-state index in [1.807, 2.05) is 42.5 Å². The summed E-state index contributed by atoms with van der Waals surface area (Å²) in [5.41, 5.74) is 1.39. The van der Waals surface area contributed by atoms with Gasteiger partial charge in [0.25, 0.3) is 0 Å². The number of rotatable bonds is 5. The Hall–Kier alpha value is -2.30. The molecule has 4 nitrogen and oxygen atoms in total. The second kappa shape index (κ2) is 8.19. The zero-order valence-corrected chi connectivity index (χ0v) is 15.3. The molecule has 3 rings (SSSR count). The standard InChI is InChI=1S/C20H21NO3.ClH/c1-14(13-21(2)3)23-16-8-6-7-15(11-16)20-12-18(22)17-9-4-5-10-19(17)24-20;/h4-12,14H,13H2,1-3H3;1H. The topological polar surface area (TPSA) is 43.9 Å². The Morgan fingerprint density at radius 1 is 1.08 bits per heavy atom. The van der Waals surface area contributed by atoms with Crippen LogP contribution >= 0.6 is 0 Å². The van der Waals surface area contributed by atoms with Crippen LogP contribution in [0.4, 0.5) is 0 Å². The van der Waals surface area contributed by atoms with E-state index < -0.39 is 0 Å². The number of nitrogens with one attached hydrogen (secondary N) is 1. The van der Waals surface area contributed by atoms with Gasteiger partial charge in [0.05, 0.1) is 19.5 Å². The summed E-state index contributed by atoms with van der Waals surface area (Å²) in [5.74, 6) is 1.33. The molecule has 25 heavy (non-hydrogen) atoms. The first-order valence-corrected chi connectivity index (χ1v) is 8.12. The summed E-state index contributed by atoms with van der Waals surface area (Å²) in [5, 5.41) is 0.594. The van der Waals surface area contributed by atoms with Gasteiger partial charge < -0.3 is 26.5 Å². The summed E-state index contributed by atoms with van der Waals surface area (Å²) < 4.78 is 11.9. The average molecular weight is 360 g/mol. The van der Waals surface area contributed by atoms with Crippen LogP contribution in [0.15, 0.2) is 63.8 Å². The van der Waals surface area contributed by atoms with Crippen LogP contribution in [-0.4, -0.2) is 26.7 Å². The number of hydrogen-bond donors (Lipinski definition) is 1. The molecule has 0 aliphatic heterocycles. The Morgan fingerprint density at radius 3 is 2.60 bits per heavy atom. The van der Waals surface area contributed by atoms with Crippen molar-refractivity contribution in [1.82, 2.24) is 0 Å². The van der Waals surface area contributed by atoms with E-state index in [9.17, 15) is 4.79 Å². The average Bonchev–Trinajstić information content (AvgIpc) is 2.54. The monoisotopic (exact) mass is 359 g/mol. The van der Waals surface area contributed by atoms with Crippen LogP contribution in [0.5, 0.6) is 5.75 Å². The third-order valence-corrected chi connectivity index (χ3v) is 3.79. The predicted octanol–water partition coefficient (Wildman–Crippen LogP) is -0.624. The van der Waals surface area contributed by atoms with Gasteiger partial charge in [-0.25, -0.2) is 0 Å². The highest BCUT2D eigenvalue weighted by Crippen LogP contribution is 2.25. The first kappa shape index (κ1) is 19.0. The molecule has 0 radical (unpaired) electrons. The zero-order chi connectivity index (χ0) is 17.1. The largest absolute Gasteiger partial charge is 1.00 e. The molecule has 1 atom stereocenters. The van der Waals surface area contributed by atoms with E-state index in [1.165, 1.54) is 11.0 Å². The number of ether oxygens (including phenoxy) is 1. The zero-order valence-electron chi connectivity index (χ0n) is 14.6. The lowest BCUT2D eigenvalue weighted by molar-refractivity contribution is -0.861. The van der Waals surface area contributed by atoms with Crippen LogP contribution < -0.4 is 27.5 Å². The van der Waals surface area contributed by atoms with E-state index >= 15 is 0 Å². The van der Waals surface area contributed by atoms with E-state index in [-0.39, 0.29) is 23.9 Å². The highest BCUT2D eigenvalue weighted by molar-refractivity contribution is 5.78. The van der Waals surface area contributed by atoms with Crippen LogP contribution in [0.3, 0.4) is 0 Å². The maximum Gasteiger partial charge on any atom is 0.193 e. The first-order valence-electron chi connectivity index (χ1n) is 8.12. The summed E-state index contributed by atoms with van der Waals surface area (Å²) in [6.07, 6.45) is 0.105. The van der Waals surface area contributed by atoms with Gasteiger partial charge >= 0.3 is 0 Å². The number of benzene rings is 2. The van der Waals surface area contributed by atoms with Crippen LogP contribution in [0, 0.1) is 0 Å². The van der Waals surface area contributed by atoms with Crippen LogP contribution in [0.25, 0.3) is 22.3 Å². The third kappa shape index (κ3) is 4.62. The summed E-state index contributed by atoms with van der Waals surface area (Å²) in [7, 11) is 4.19. The van der Waals surface area contributed by atoms with E-state index in [4.69, 9.17) is 9.15 Å². The number of fused-ring (bicyclic) bond motifs is 1. The van der Waals surface area contributed by atoms with Crippen molar-refractivity contribution in [2.45, 2.75) is 13.0 Å². The highest BCUT2D eigenvalue weighted by atomic mass is 35.5. The Bertz CT molecular complexity index is 905. The second-order valence-electron chi connectivity index (χ2n) is 6.34. The van der Waals surface area contributed by atoms with Gasteiger partial charge in [-0.1, -0.05) is 24.3 Å². The van der Waals surface area contributed by atoms with E-state index in [2.05, 4.69) is 21.0 Å². The van der Waals surface area contributed by atoms with Crippen LogP contribution in [0.2, 0.25) is 0 Å². The van der Waals surface area contributed by atoms with Crippen molar-refractivity contribution in [2.75, 3.05) is 20.6 Å². The lowest BCUT2D eigenvalue weighted by Crippen LogP contribution is -3.07. The summed E-state index contributed by atoms with van der Waals surface area (Å²) in [6, 6.07) is 16.5. The van der Waals surface area contributed by atoms with Gasteiger partial charge in [-0.2, -0.15) is 0 Å². The number of para-hydroxylation sites is 1. The maximum atomic E-state index is 12.3. The van der Waals surface area contributed by atoms with E-state index in [0.29, 0.717) is 16.7 Å². The second-order valence-corrected chi connectivity index (χ2v) is 6.34. The molecule has 132 valence electrons. The molecule has 3 aromatic rings. The summed E-state index contributed by atoms with van der Waals surface area (Å²) in [6.45, 7) is 2.96. The van der Waals surface area contributed by atoms with Crippen LogP contribution in [-0.2, 0) is 0 Å². The van der Waals surface area contributed by atoms with Gasteiger partial charge in [0, 0.05) is 11.6 Å². The predicted molar refractivity (Wildman–Crippen MR) is 95.7 cm³/mol. The summed E-state index contributed by atoms with van der Waals surface area (Å²) >= 11 is 0. The molecular weight excluding hydrogens is 338 g/mol. The normalized spacial score (nSPS) is 12.0. The van der Waals surface area contributed by atoms with Gasteiger partial charge in [-0.15, -0.1) is 0 Å². The Balaban J connectivity index is 0.00000225. The van der Waals surface area contributed by atoms with Crippen LogP contribution in [0.1, 0.15) is 6.92 Å². The van der Waals surface area contributed by atoms with E-state index in [1.54, 1.807) is 6.07 Å². The van der Waals surface area contributed by atoms with Crippen molar-refractivity contribution in [3.8, 4) is 17.1 Å². The SMILES string of the molecule is CC(C[NH+](C)C)Oc1cccc(-c2cc(=O)c3ccccc3o2)c1.[Cl-]. The molecular formula is C20H22ClNO3. The Kier molecular flexibility index (Phi) is 6.23. The highest BCUT2D eigenvalue weighted by Gasteiger charge is 2.10. The minimum absolute atomic E-state index is 0. The number of halogens is 1. The molecule has 5 heteroatoms. The quantitative estimate of drug-likeness (QED) is 0.660. The fraction of sp³-hybridized carbons (Fsp3) is 0.250. The molecule has 0 saturated carbocycles. The van der Waals surface area contributed by atoms with Crippen molar-refractivity contribution in [2.24, 2.45) is 0 Å². The summed E-state index contributed by atoms with van der Waals surface area (Å²) in [4.78, 5) is 13.6. The number of quaternary nitrogens is 1. The lowest BCUT2D eigenvalue weighted by atomic mass is 10.1. The van der Waals surface area contributed by atoms with Crippen molar-refractivity contribution in [3.63, 3.8) is 0 Å². The minimum atomic E-state index is -0.0391. The number of hydrogen-bond acceptors (Lipinski definition) is 3. The molecule has 1 N–H and O–H groups in total. The van der Waals surface area contributed by atoms with Gasteiger partial charge in [0.1, 0.15) is 29.7 Å². The fourth-order valence-corrected chi connectivity index (χ4v) is 2.82. The molecule has 1 unspecified atom stereocenters. The molecule has 0 spiro atoms. The molecule has 0 aliphatic carbocycles. The molecule has 1 heterocycles. The van der Waals surface area contributed by atoms with Gasteiger partial charge in [-0.05, 0) is 31.2 Å². The molecule has 0 amide bonds. The molecule has 2 aromatic carbocycles. The fourth-order valence-electron chi connectivity index (χ4n) is 2.82. The maximum absolute atomic E-state index is 12.3. The Labute approximate surface area is 153 Å².